The summed E-state index contributed by atoms with van der Waals surface area (Å²) in [6.07, 6.45) is -1.22. The number of non-ortho nitro benzene ring substituents is 1. The second-order valence-electron chi connectivity index (χ2n) is 9.50. The van der Waals surface area contributed by atoms with Gasteiger partial charge in [0.25, 0.3) is 5.69 Å². The molecule has 1 aliphatic rings. The Kier molecular flexibility index (Phi) is 9.38. The number of benzene rings is 2. The molecule has 10 heteroatoms. The Labute approximate surface area is 210 Å². The highest BCUT2D eigenvalue weighted by molar-refractivity contribution is 5.89. The van der Waals surface area contributed by atoms with Crippen LogP contribution in [0.4, 0.5) is 10.5 Å². The normalized spacial score (nSPS) is 18.6. The minimum atomic E-state index is -0.704. The van der Waals surface area contributed by atoms with Crippen molar-refractivity contribution in [2.24, 2.45) is 0 Å². The van der Waals surface area contributed by atoms with Crippen LogP contribution >= 0.6 is 0 Å². The molecule has 1 heterocycles. The smallest absolute Gasteiger partial charge is 0.410 e. The first-order chi connectivity index (χ1) is 17.1. The average Bonchev–Trinajstić information content (AvgIpc) is 2.81. The van der Waals surface area contributed by atoms with Crippen molar-refractivity contribution < 1.29 is 33.5 Å². The van der Waals surface area contributed by atoms with Crippen LogP contribution in [0.1, 0.15) is 43.1 Å². The minimum absolute atomic E-state index is 0.117. The minimum Gasteiger partial charge on any atom is -0.457 e. The molecule has 0 N–H and O–H groups in total. The van der Waals surface area contributed by atoms with Crippen LogP contribution in [0.15, 0.2) is 54.6 Å². The Morgan fingerprint density at radius 1 is 1.08 bits per heavy atom. The van der Waals surface area contributed by atoms with E-state index in [9.17, 15) is 19.7 Å². The molecular weight excluding hydrogens is 468 g/mol. The van der Waals surface area contributed by atoms with Crippen molar-refractivity contribution in [3.05, 3.63) is 75.8 Å². The van der Waals surface area contributed by atoms with E-state index in [0.29, 0.717) is 19.6 Å². The molecule has 0 radical (unpaired) electrons. The van der Waals surface area contributed by atoms with E-state index < -0.39 is 28.7 Å². The number of nitro benzene ring substituents is 1. The number of ether oxygens (including phenoxy) is 4. The summed E-state index contributed by atoms with van der Waals surface area (Å²) in [5, 5.41) is 10.9. The monoisotopic (exact) mass is 500 g/mol. The van der Waals surface area contributed by atoms with E-state index >= 15 is 0 Å². The van der Waals surface area contributed by atoms with E-state index in [0.717, 1.165) is 5.56 Å². The molecule has 1 unspecified atom stereocenters. The largest absolute Gasteiger partial charge is 0.457 e. The summed E-state index contributed by atoms with van der Waals surface area (Å²) in [4.78, 5) is 37.4. The van der Waals surface area contributed by atoms with Crippen molar-refractivity contribution >= 4 is 17.7 Å². The summed E-state index contributed by atoms with van der Waals surface area (Å²) in [6, 6.07) is 14.9. The third kappa shape index (κ3) is 8.62. The van der Waals surface area contributed by atoms with Crippen molar-refractivity contribution in [1.82, 2.24) is 4.90 Å². The molecule has 0 aromatic heterocycles. The molecule has 0 bridgehead atoms. The van der Waals surface area contributed by atoms with Crippen molar-refractivity contribution in [3.8, 4) is 0 Å². The highest BCUT2D eigenvalue weighted by Crippen LogP contribution is 2.18. The maximum Gasteiger partial charge on any atom is 0.410 e. The third-order valence-electron chi connectivity index (χ3n) is 5.30. The summed E-state index contributed by atoms with van der Waals surface area (Å²) in [6.45, 7) is 6.65. The number of hydrogen-bond donors (Lipinski definition) is 0. The zero-order valence-electron chi connectivity index (χ0n) is 20.8. The van der Waals surface area contributed by atoms with E-state index in [-0.39, 0.29) is 37.1 Å². The molecule has 2 aromatic rings. The van der Waals surface area contributed by atoms with Crippen LogP contribution in [0.5, 0.6) is 0 Å². The number of amides is 1. The molecule has 10 nitrogen and oxygen atoms in total. The highest BCUT2D eigenvalue weighted by Gasteiger charge is 2.31. The molecule has 0 spiro atoms. The Hall–Kier alpha value is -3.50. The molecular formula is C26H32N2O8. The van der Waals surface area contributed by atoms with Gasteiger partial charge in [0.2, 0.25) is 0 Å². The van der Waals surface area contributed by atoms with Crippen LogP contribution in [-0.4, -0.2) is 66.0 Å². The van der Waals surface area contributed by atoms with Crippen LogP contribution in [0.3, 0.4) is 0 Å². The number of nitro groups is 1. The van der Waals surface area contributed by atoms with E-state index in [2.05, 4.69) is 0 Å². The van der Waals surface area contributed by atoms with Gasteiger partial charge in [-0.1, -0.05) is 30.3 Å². The van der Waals surface area contributed by atoms with Crippen molar-refractivity contribution in [2.75, 3.05) is 26.3 Å². The van der Waals surface area contributed by atoms with Gasteiger partial charge >= 0.3 is 12.1 Å². The summed E-state index contributed by atoms with van der Waals surface area (Å²) in [5.41, 5.74) is 0.387. The molecule has 2 aromatic carbocycles. The van der Waals surface area contributed by atoms with E-state index in [1.807, 2.05) is 30.3 Å². The number of esters is 1. The summed E-state index contributed by atoms with van der Waals surface area (Å²) >= 11 is 0. The lowest BCUT2D eigenvalue weighted by Gasteiger charge is -2.34. The third-order valence-corrected chi connectivity index (χ3v) is 5.30. The number of carbonyl (C=O) groups excluding carboxylic acids is 2. The molecule has 1 amide bonds. The van der Waals surface area contributed by atoms with E-state index in [1.54, 1.807) is 20.8 Å². The first-order valence-corrected chi connectivity index (χ1v) is 11.8. The SMILES string of the molecule is CC(C)(C)OC(=O)N1CC(OC(=O)c2ccc([N+](=O)[O-])cc2)CCO[C@H](COCc2ccccc2)C1. The predicted molar refractivity (Wildman–Crippen MR) is 131 cm³/mol. The van der Waals surface area contributed by atoms with Crippen molar-refractivity contribution in [1.29, 1.82) is 0 Å². The van der Waals surface area contributed by atoms with Gasteiger partial charge in [-0.15, -0.1) is 0 Å². The summed E-state index contributed by atoms with van der Waals surface area (Å²) in [5.74, 6) is -0.637. The molecule has 2 atom stereocenters. The lowest BCUT2D eigenvalue weighted by Crippen LogP contribution is -2.49. The Morgan fingerprint density at radius 2 is 1.78 bits per heavy atom. The molecule has 194 valence electrons. The lowest BCUT2D eigenvalue weighted by molar-refractivity contribution is -0.384. The maximum atomic E-state index is 12.9. The van der Waals surface area contributed by atoms with Gasteiger partial charge < -0.3 is 23.8 Å². The quantitative estimate of drug-likeness (QED) is 0.313. The molecule has 1 fully saturated rings. The second kappa shape index (κ2) is 12.5. The van der Waals surface area contributed by atoms with Crippen LogP contribution in [0, 0.1) is 10.1 Å². The topological polar surface area (TPSA) is 117 Å². The zero-order chi connectivity index (χ0) is 26.1. The first kappa shape index (κ1) is 27.1. The van der Waals surface area contributed by atoms with Gasteiger partial charge in [-0.2, -0.15) is 0 Å². The molecule has 36 heavy (non-hydrogen) atoms. The number of rotatable bonds is 7. The van der Waals surface area contributed by atoms with E-state index in [1.165, 1.54) is 29.2 Å². The van der Waals surface area contributed by atoms with Crippen molar-refractivity contribution in [2.45, 2.75) is 51.6 Å². The zero-order valence-corrected chi connectivity index (χ0v) is 20.8. The van der Waals surface area contributed by atoms with Gasteiger partial charge in [0.15, 0.2) is 0 Å². The second-order valence-corrected chi connectivity index (χ2v) is 9.50. The molecule has 1 aliphatic heterocycles. The van der Waals surface area contributed by atoms with Gasteiger partial charge in [-0.3, -0.25) is 10.1 Å². The Bertz CT molecular complexity index is 1020. The average molecular weight is 501 g/mol. The van der Waals surface area contributed by atoms with Gasteiger partial charge in [0.1, 0.15) is 11.7 Å². The van der Waals surface area contributed by atoms with Crippen LogP contribution in [0.25, 0.3) is 0 Å². The Balaban J connectivity index is 1.64. The molecule has 0 saturated carbocycles. The van der Waals surface area contributed by atoms with Gasteiger partial charge in [-0.25, -0.2) is 9.59 Å². The van der Waals surface area contributed by atoms with Gasteiger partial charge in [-0.05, 0) is 38.5 Å². The maximum absolute atomic E-state index is 12.9. The number of carbonyl (C=O) groups is 2. The van der Waals surface area contributed by atoms with Crippen LogP contribution < -0.4 is 0 Å². The van der Waals surface area contributed by atoms with Gasteiger partial charge in [0, 0.05) is 18.6 Å². The van der Waals surface area contributed by atoms with Crippen LogP contribution in [-0.2, 0) is 25.6 Å². The molecule has 0 aliphatic carbocycles. The fourth-order valence-electron chi connectivity index (χ4n) is 3.57. The van der Waals surface area contributed by atoms with Gasteiger partial charge in [0.05, 0.1) is 49.5 Å². The fourth-order valence-corrected chi connectivity index (χ4v) is 3.57. The van der Waals surface area contributed by atoms with Crippen LogP contribution in [0.2, 0.25) is 0 Å². The first-order valence-electron chi connectivity index (χ1n) is 11.8. The molecule has 1 saturated heterocycles. The standard InChI is InChI=1S/C26H32N2O8/c1-26(2,3)36-25(30)27-15-22(35-24(29)20-9-11-21(12-10-20)28(31)32)13-14-34-23(16-27)18-33-17-19-7-5-4-6-8-19/h4-12,22-23H,13-18H2,1-3H3/t22?,23-/m0/s1. The molecule has 3 rings (SSSR count). The number of hydrogen-bond acceptors (Lipinski definition) is 8. The van der Waals surface area contributed by atoms with E-state index in [4.69, 9.17) is 18.9 Å². The number of nitrogens with zero attached hydrogens (tertiary/aromatic N) is 2. The predicted octanol–water partition coefficient (Wildman–Crippen LogP) is 4.36. The lowest BCUT2D eigenvalue weighted by atomic mass is 10.1. The summed E-state index contributed by atoms with van der Waals surface area (Å²) in [7, 11) is 0. The van der Waals surface area contributed by atoms with Crippen molar-refractivity contribution in [3.63, 3.8) is 0 Å². The highest BCUT2D eigenvalue weighted by atomic mass is 16.6. The summed E-state index contributed by atoms with van der Waals surface area (Å²) < 4.78 is 23.0. The Morgan fingerprint density at radius 3 is 2.42 bits per heavy atom. The fraction of sp³-hybridized carbons (Fsp3) is 0.462.